The maximum atomic E-state index is 13.3. The van der Waals surface area contributed by atoms with Crippen molar-refractivity contribution >= 4 is 27.5 Å². The maximum absolute atomic E-state index is 13.3. The molecule has 5 saturated carbocycles. The first-order valence-electron chi connectivity index (χ1n) is 12.1. The molecule has 7 rings (SSSR count). The van der Waals surface area contributed by atoms with Gasteiger partial charge in [0.05, 0.1) is 10.3 Å². The molecule has 6 fully saturated rings. The van der Waals surface area contributed by atoms with E-state index < -0.39 is 10.0 Å². The van der Waals surface area contributed by atoms with Crippen LogP contribution in [0.1, 0.15) is 38.5 Å². The molecule has 2 amide bonds. The summed E-state index contributed by atoms with van der Waals surface area (Å²) in [5.41, 5.74) is 0.430. The molecular weight excluding hydrogens is 438 g/mol. The molecule has 2 N–H and O–H groups in total. The van der Waals surface area contributed by atoms with Crippen LogP contribution in [0.25, 0.3) is 0 Å². The summed E-state index contributed by atoms with van der Waals surface area (Å²) in [6.07, 6.45) is 8.12. The van der Waals surface area contributed by atoms with Crippen molar-refractivity contribution in [3.05, 3.63) is 36.9 Å². The number of hydrogen-bond acceptors (Lipinski definition) is 4. The highest BCUT2D eigenvalue weighted by Crippen LogP contribution is 2.60. The number of anilines is 1. The van der Waals surface area contributed by atoms with Crippen LogP contribution in [0, 0.1) is 35.0 Å². The lowest BCUT2D eigenvalue weighted by atomic mass is 9.49. The van der Waals surface area contributed by atoms with E-state index in [1.54, 1.807) is 24.3 Å². The Balaban J connectivity index is 1.09. The van der Waals surface area contributed by atoms with E-state index in [1.807, 2.05) is 0 Å². The third kappa shape index (κ3) is 3.53. The molecule has 4 bridgehead atoms. The predicted octanol–water partition coefficient (Wildman–Crippen LogP) is 2.76. The van der Waals surface area contributed by atoms with Gasteiger partial charge >= 0.3 is 0 Å². The van der Waals surface area contributed by atoms with E-state index in [9.17, 15) is 18.0 Å². The van der Waals surface area contributed by atoms with Gasteiger partial charge in [0.25, 0.3) is 0 Å². The lowest BCUT2D eigenvalue weighted by Gasteiger charge is -2.55. The largest absolute Gasteiger partial charge is 0.349 e. The number of carbonyl (C=O) groups excluding carboxylic acids is 2. The smallest absolute Gasteiger partial charge is 0.243 e. The van der Waals surface area contributed by atoms with Crippen LogP contribution in [0.2, 0.25) is 0 Å². The molecule has 1 aromatic rings. The Morgan fingerprint density at radius 3 is 2.03 bits per heavy atom. The fourth-order valence-corrected chi connectivity index (χ4v) is 9.15. The summed E-state index contributed by atoms with van der Waals surface area (Å²) in [7, 11) is -3.59. The molecule has 7 nitrogen and oxygen atoms in total. The van der Waals surface area contributed by atoms with Gasteiger partial charge in [-0.3, -0.25) is 9.59 Å². The van der Waals surface area contributed by atoms with Crippen molar-refractivity contribution < 1.29 is 18.0 Å². The van der Waals surface area contributed by atoms with Crippen LogP contribution >= 0.6 is 0 Å². The highest BCUT2D eigenvalue weighted by molar-refractivity contribution is 7.89. The quantitative estimate of drug-likeness (QED) is 0.627. The van der Waals surface area contributed by atoms with Gasteiger partial charge in [-0.05, 0) is 98.5 Å². The number of hydrogen-bond donors (Lipinski definition) is 2. The summed E-state index contributed by atoms with van der Waals surface area (Å²) >= 11 is 0. The zero-order chi connectivity index (χ0) is 23.0. The first kappa shape index (κ1) is 21.4. The molecular formula is C25H31N3O4S. The highest BCUT2D eigenvalue weighted by Gasteiger charge is 2.58. The molecule has 0 aromatic heterocycles. The minimum Gasteiger partial charge on any atom is -0.349 e. The molecule has 176 valence electrons. The van der Waals surface area contributed by atoms with Crippen LogP contribution in [0.15, 0.2) is 41.8 Å². The second-order valence-electron chi connectivity index (χ2n) is 11.1. The van der Waals surface area contributed by atoms with Gasteiger partial charge in [-0.2, -0.15) is 4.31 Å². The lowest BCUT2D eigenvalue weighted by molar-refractivity contribution is -0.140. The van der Waals surface area contributed by atoms with Crippen LogP contribution in [-0.4, -0.2) is 43.7 Å². The van der Waals surface area contributed by atoms with Gasteiger partial charge < -0.3 is 10.6 Å². The Bertz CT molecular complexity index is 1070. The van der Waals surface area contributed by atoms with Crippen LogP contribution in [-0.2, 0) is 19.6 Å². The van der Waals surface area contributed by atoms with E-state index in [0.29, 0.717) is 36.5 Å². The zero-order valence-electron chi connectivity index (χ0n) is 18.7. The minimum absolute atomic E-state index is 0.0455. The summed E-state index contributed by atoms with van der Waals surface area (Å²) in [5, 5.41) is 5.97. The van der Waals surface area contributed by atoms with Gasteiger partial charge in [0.2, 0.25) is 21.8 Å². The Labute approximate surface area is 195 Å². The standard InChI is InChI=1S/C25H31N3O4S/c1-2-22(29)27-23-20-13-28(14-21(20)23)33(31,32)19-5-3-18(4-6-19)26-24(30)25-10-15-7-16(11-25)9-17(8-15)12-25/h2-6,15-17,20-21,23H,1,7-14H2,(H,26,30)(H,27,29). The topological polar surface area (TPSA) is 95.6 Å². The van der Waals surface area contributed by atoms with Crippen LogP contribution in [0.3, 0.4) is 0 Å². The fraction of sp³-hybridized carbons (Fsp3) is 0.600. The molecule has 2 unspecified atom stereocenters. The summed E-state index contributed by atoms with van der Waals surface area (Å²) in [6.45, 7) is 4.29. The Morgan fingerprint density at radius 1 is 0.970 bits per heavy atom. The maximum Gasteiger partial charge on any atom is 0.243 e. The average molecular weight is 470 g/mol. The van der Waals surface area contributed by atoms with Gasteiger partial charge in [-0.15, -0.1) is 0 Å². The van der Waals surface area contributed by atoms with Crippen LogP contribution in [0.4, 0.5) is 5.69 Å². The van der Waals surface area contributed by atoms with Gasteiger partial charge in [-0.25, -0.2) is 8.42 Å². The van der Waals surface area contributed by atoms with Crippen LogP contribution < -0.4 is 10.6 Å². The molecule has 0 spiro atoms. The molecule has 1 aromatic carbocycles. The molecule has 0 radical (unpaired) electrons. The SMILES string of the molecule is C=CC(=O)NC1C2CN(S(=O)(=O)c3ccc(NC(=O)C45CC6CC(CC(C6)C4)C5)cc3)CC21. The molecule has 6 aliphatic rings. The zero-order valence-corrected chi connectivity index (χ0v) is 19.5. The number of carbonyl (C=O) groups is 2. The van der Waals surface area contributed by atoms with E-state index in [2.05, 4.69) is 17.2 Å². The van der Waals surface area contributed by atoms with Crippen molar-refractivity contribution in [3.63, 3.8) is 0 Å². The molecule has 8 heteroatoms. The Hall–Kier alpha value is -2.19. The molecule has 1 heterocycles. The molecule has 5 aliphatic carbocycles. The Morgan fingerprint density at radius 2 is 1.52 bits per heavy atom. The molecule has 1 saturated heterocycles. The summed E-state index contributed by atoms with van der Waals surface area (Å²) in [6, 6.07) is 6.63. The van der Waals surface area contributed by atoms with E-state index in [0.717, 1.165) is 19.3 Å². The van der Waals surface area contributed by atoms with Crippen molar-refractivity contribution in [2.45, 2.75) is 49.5 Å². The summed E-state index contributed by atoms with van der Waals surface area (Å²) < 4.78 is 27.7. The van der Waals surface area contributed by atoms with Gasteiger partial charge in [-0.1, -0.05) is 6.58 Å². The number of fused-ring (bicyclic) bond motifs is 1. The van der Waals surface area contributed by atoms with E-state index in [1.165, 1.54) is 29.6 Å². The average Bonchev–Trinajstić information content (AvgIpc) is 3.20. The summed E-state index contributed by atoms with van der Waals surface area (Å²) in [4.78, 5) is 25.0. The Kier molecular flexibility index (Phi) is 4.79. The number of nitrogens with one attached hydrogen (secondary N) is 2. The number of benzene rings is 1. The van der Waals surface area contributed by atoms with E-state index >= 15 is 0 Å². The molecule has 2 atom stereocenters. The van der Waals surface area contributed by atoms with Crippen molar-refractivity contribution in [1.82, 2.24) is 9.62 Å². The van der Waals surface area contributed by atoms with Crippen LogP contribution in [0.5, 0.6) is 0 Å². The third-order valence-electron chi connectivity index (χ3n) is 8.92. The van der Waals surface area contributed by atoms with Gasteiger partial charge in [0.15, 0.2) is 0 Å². The van der Waals surface area contributed by atoms with Gasteiger partial charge in [0.1, 0.15) is 0 Å². The number of nitrogens with zero attached hydrogens (tertiary/aromatic N) is 1. The highest BCUT2D eigenvalue weighted by atomic mass is 32.2. The molecule has 1 aliphatic heterocycles. The second-order valence-corrected chi connectivity index (χ2v) is 13.0. The number of piperidine rings is 1. The van der Waals surface area contributed by atoms with Crippen molar-refractivity contribution in [3.8, 4) is 0 Å². The number of amides is 2. The normalized spacial score (nSPS) is 38.5. The summed E-state index contributed by atoms with van der Waals surface area (Å²) in [5.74, 6) is 2.34. The van der Waals surface area contributed by atoms with Crippen molar-refractivity contribution in [1.29, 1.82) is 0 Å². The van der Waals surface area contributed by atoms with Crippen molar-refractivity contribution in [2.24, 2.45) is 35.0 Å². The van der Waals surface area contributed by atoms with E-state index in [-0.39, 0.29) is 40.0 Å². The monoisotopic (exact) mass is 469 g/mol. The van der Waals surface area contributed by atoms with Gasteiger partial charge in [0, 0.05) is 24.8 Å². The number of rotatable bonds is 6. The van der Waals surface area contributed by atoms with E-state index in [4.69, 9.17) is 0 Å². The second kappa shape index (κ2) is 7.40. The fourth-order valence-electron chi connectivity index (χ4n) is 7.63. The lowest BCUT2D eigenvalue weighted by Crippen LogP contribution is -2.51. The minimum atomic E-state index is -3.59. The number of sulfonamides is 1. The third-order valence-corrected chi connectivity index (χ3v) is 10.8. The predicted molar refractivity (Wildman–Crippen MR) is 124 cm³/mol. The first-order chi connectivity index (χ1) is 15.8. The molecule has 33 heavy (non-hydrogen) atoms. The first-order valence-corrected chi connectivity index (χ1v) is 13.6. The van der Waals surface area contributed by atoms with Crippen molar-refractivity contribution in [2.75, 3.05) is 18.4 Å².